The summed E-state index contributed by atoms with van der Waals surface area (Å²) >= 11 is 0. The molecule has 2 aliphatic rings. The fourth-order valence-electron chi connectivity index (χ4n) is 4.09. The molecule has 4 aromatic rings. The standard InChI is InChI=1S/C34H32N2O6S2/c1-37-33-13-23(9-11-31(33)41-21-27-19-39-27)17-35-25-5-3-7-29(15-25)43-44-30-8-4-6-26(16-30)36-18-24-10-12-32(34(14-24)38-2)42-22-28-20-40-28/h3-18,27-28H,19-22H2,1-2H3. The van der Waals surface area contributed by atoms with E-state index in [2.05, 4.69) is 34.3 Å². The molecule has 226 valence electrons. The molecule has 0 aliphatic carbocycles. The Labute approximate surface area is 264 Å². The number of epoxide rings is 2. The Hall–Kier alpha value is -3.96. The van der Waals surface area contributed by atoms with Crippen molar-refractivity contribution in [2.75, 3.05) is 40.6 Å². The fourth-order valence-corrected chi connectivity index (χ4v) is 6.08. The molecule has 10 heteroatoms. The SMILES string of the molecule is COc1cc(C=Nc2cccc(SSc3cccc(N=Cc4ccc(OCC5CO5)c(OC)c4)c3)c2)ccc1OCC1CO1. The Morgan fingerprint density at radius 1 is 0.636 bits per heavy atom. The summed E-state index contributed by atoms with van der Waals surface area (Å²) in [4.78, 5) is 11.6. The second kappa shape index (κ2) is 14.7. The molecule has 0 amide bonds. The molecule has 0 bridgehead atoms. The summed E-state index contributed by atoms with van der Waals surface area (Å²) in [6, 6.07) is 27.9. The summed E-state index contributed by atoms with van der Waals surface area (Å²) < 4.78 is 33.0. The first-order chi connectivity index (χ1) is 21.6. The van der Waals surface area contributed by atoms with Crippen molar-refractivity contribution in [2.45, 2.75) is 22.0 Å². The predicted octanol–water partition coefficient (Wildman–Crippen LogP) is 7.56. The Kier molecular flexibility index (Phi) is 10.0. The van der Waals surface area contributed by atoms with Gasteiger partial charge in [0.05, 0.1) is 38.8 Å². The number of methoxy groups -OCH3 is 2. The predicted molar refractivity (Wildman–Crippen MR) is 176 cm³/mol. The van der Waals surface area contributed by atoms with Gasteiger partial charge in [-0.3, -0.25) is 9.98 Å². The number of nitrogens with zero attached hydrogens (tertiary/aromatic N) is 2. The highest BCUT2D eigenvalue weighted by Crippen LogP contribution is 2.39. The Bertz CT molecular complexity index is 1520. The van der Waals surface area contributed by atoms with Gasteiger partial charge in [-0.25, -0.2) is 0 Å². The lowest BCUT2D eigenvalue weighted by atomic mass is 10.2. The second-order valence-corrected chi connectivity index (χ2v) is 12.3. The van der Waals surface area contributed by atoms with Crippen LogP contribution in [0.2, 0.25) is 0 Å². The zero-order valence-corrected chi connectivity index (χ0v) is 26.0. The maximum absolute atomic E-state index is 5.80. The van der Waals surface area contributed by atoms with E-state index in [-0.39, 0.29) is 12.2 Å². The first-order valence-corrected chi connectivity index (χ1v) is 16.3. The van der Waals surface area contributed by atoms with Crippen LogP contribution >= 0.6 is 21.6 Å². The highest BCUT2D eigenvalue weighted by molar-refractivity contribution is 8.76. The molecular weight excluding hydrogens is 597 g/mol. The van der Waals surface area contributed by atoms with Crippen LogP contribution in [-0.4, -0.2) is 65.3 Å². The lowest BCUT2D eigenvalue weighted by Crippen LogP contribution is -2.05. The Balaban J connectivity index is 1.04. The zero-order chi connectivity index (χ0) is 30.1. The van der Waals surface area contributed by atoms with E-state index in [0.29, 0.717) is 36.2 Å². The maximum atomic E-state index is 5.80. The van der Waals surface area contributed by atoms with E-state index in [9.17, 15) is 0 Å². The average Bonchev–Trinajstić information content (AvgIpc) is 4.00. The molecule has 2 atom stereocenters. The molecular formula is C34H32N2O6S2. The van der Waals surface area contributed by atoms with Crippen molar-refractivity contribution in [2.24, 2.45) is 9.98 Å². The van der Waals surface area contributed by atoms with Crippen molar-refractivity contribution >= 4 is 45.4 Å². The van der Waals surface area contributed by atoms with Crippen molar-refractivity contribution in [1.82, 2.24) is 0 Å². The molecule has 2 aliphatic heterocycles. The lowest BCUT2D eigenvalue weighted by molar-refractivity contribution is 0.252. The van der Waals surface area contributed by atoms with E-state index >= 15 is 0 Å². The van der Waals surface area contributed by atoms with Gasteiger partial charge in [0.2, 0.25) is 0 Å². The minimum absolute atomic E-state index is 0.189. The summed E-state index contributed by atoms with van der Waals surface area (Å²) in [5, 5.41) is 0. The van der Waals surface area contributed by atoms with E-state index in [1.807, 2.05) is 73.1 Å². The topological polar surface area (TPSA) is 86.7 Å². The molecule has 2 saturated heterocycles. The second-order valence-electron chi connectivity index (χ2n) is 10.0. The van der Waals surface area contributed by atoms with Crippen molar-refractivity contribution in [3.8, 4) is 23.0 Å². The molecule has 0 N–H and O–H groups in total. The minimum atomic E-state index is 0.189. The monoisotopic (exact) mass is 628 g/mol. The zero-order valence-electron chi connectivity index (χ0n) is 24.4. The normalized spacial score (nSPS) is 17.1. The molecule has 0 saturated carbocycles. The third kappa shape index (κ3) is 8.79. The third-order valence-electron chi connectivity index (χ3n) is 6.62. The highest BCUT2D eigenvalue weighted by atomic mass is 33.1. The largest absolute Gasteiger partial charge is 0.493 e. The van der Waals surface area contributed by atoms with Crippen LogP contribution in [0.1, 0.15) is 11.1 Å². The fraction of sp³-hybridized carbons (Fsp3) is 0.235. The maximum Gasteiger partial charge on any atom is 0.161 e. The molecule has 0 aromatic heterocycles. The lowest BCUT2D eigenvalue weighted by Gasteiger charge is -2.10. The van der Waals surface area contributed by atoms with Gasteiger partial charge in [-0.2, -0.15) is 0 Å². The van der Waals surface area contributed by atoms with E-state index in [1.54, 1.807) is 35.8 Å². The van der Waals surface area contributed by atoms with Gasteiger partial charge in [0, 0.05) is 22.2 Å². The number of rotatable bonds is 15. The van der Waals surface area contributed by atoms with Gasteiger partial charge in [0.25, 0.3) is 0 Å². The van der Waals surface area contributed by atoms with Crippen LogP contribution in [-0.2, 0) is 9.47 Å². The van der Waals surface area contributed by atoms with Crippen LogP contribution in [0.4, 0.5) is 11.4 Å². The van der Waals surface area contributed by atoms with Crippen molar-refractivity contribution in [3.63, 3.8) is 0 Å². The molecule has 4 aromatic carbocycles. The summed E-state index contributed by atoms with van der Waals surface area (Å²) in [5.74, 6) is 2.74. The van der Waals surface area contributed by atoms with Gasteiger partial charge in [0.1, 0.15) is 25.4 Å². The molecule has 6 rings (SSSR count). The average molecular weight is 629 g/mol. The highest BCUT2D eigenvalue weighted by Gasteiger charge is 2.24. The van der Waals surface area contributed by atoms with Gasteiger partial charge >= 0.3 is 0 Å². The van der Waals surface area contributed by atoms with Gasteiger partial charge in [-0.1, -0.05) is 33.7 Å². The Morgan fingerprint density at radius 3 is 1.50 bits per heavy atom. The number of ether oxygens (including phenoxy) is 6. The number of aliphatic imine (C=N–C) groups is 2. The van der Waals surface area contributed by atoms with Crippen LogP contribution in [0, 0.1) is 0 Å². The molecule has 0 spiro atoms. The summed E-state index contributed by atoms with van der Waals surface area (Å²) in [7, 11) is 6.62. The summed E-state index contributed by atoms with van der Waals surface area (Å²) in [5.41, 5.74) is 3.58. The van der Waals surface area contributed by atoms with Crippen LogP contribution in [0.3, 0.4) is 0 Å². The van der Waals surface area contributed by atoms with Crippen LogP contribution in [0.25, 0.3) is 0 Å². The number of hydrogen-bond donors (Lipinski definition) is 0. The first-order valence-electron chi connectivity index (χ1n) is 14.1. The smallest absolute Gasteiger partial charge is 0.161 e. The van der Waals surface area contributed by atoms with Crippen molar-refractivity contribution in [3.05, 3.63) is 96.1 Å². The number of benzene rings is 4. The molecule has 0 radical (unpaired) electrons. The van der Waals surface area contributed by atoms with Gasteiger partial charge in [-0.15, -0.1) is 0 Å². The van der Waals surface area contributed by atoms with Crippen LogP contribution < -0.4 is 18.9 Å². The molecule has 44 heavy (non-hydrogen) atoms. The minimum Gasteiger partial charge on any atom is -0.493 e. The van der Waals surface area contributed by atoms with Gasteiger partial charge < -0.3 is 28.4 Å². The number of hydrogen-bond acceptors (Lipinski definition) is 10. The third-order valence-corrected chi connectivity index (χ3v) is 9.01. The van der Waals surface area contributed by atoms with E-state index < -0.39 is 0 Å². The van der Waals surface area contributed by atoms with E-state index in [1.165, 1.54) is 0 Å². The van der Waals surface area contributed by atoms with Gasteiger partial charge in [0.15, 0.2) is 23.0 Å². The Morgan fingerprint density at radius 2 is 1.09 bits per heavy atom. The molecule has 2 fully saturated rings. The molecule has 8 nitrogen and oxygen atoms in total. The van der Waals surface area contributed by atoms with Crippen molar-refractivity contribution < 1.29 is 28.4 Å². The van der Waals surface area contributed by atoms with Crippen LogP contribution in [0.5, 0.6) is 23.0 Å². The summed E-state index contributed by atoms with van der Waals surface area (Å²) in [6.45, 7) is 2.57. The quantitative estimate of drug-likeness (QED) is 0.0758. The molecule has 2 unspecified atom stereocenters. The van der Waals surface area contributed by atoms with E-state index in [0.717, 1.165) is 45.5 Å². The summed E-state index contributed by atoms with van der Waals surface area (Å²) in [6.07, 6.45) is 4.03. The van der Waals surface area contributed by atoms with Crippen LogP contribution in [0.15, 0.2) is 105 Å². The van der Waals surface area contributed by atoms with Gasteiger partial charge in [-0.05, 0) is 83.9 Å². The van der Waals surface area contributed by atoms with E-state index in [4.69, 9.17) is 28.4 Å². The van der Waals surface area contributed by atoms with Crippen molar-refractivity contribution in [1.29, 1.82) is 0 Å². The first kappa shape index (κ1) is 30.1. The molecule has 2 heterocycles.